The summed E-state index contributed by atoms with van der Waals surface area (Å²) < 4.78 is 0. The second-order valence-electron chi connectivity index (χ2n) is 5.25. The molecule has 0 radical (unpaired) electrons. The van der Waals surface area contributed by atoms with Crippen LogP contribution in [0.4, 0.5) is 0 Å². The van der Waals surface area contributed by atoms with Crippen LogP contribution in [-0.2, 0) is 6.42 Å². The van der Waals surface area contributed by atoms with Gasteiger partial charge in [-0.15, -0.1) is 0 Å². The van der Waals surface area contributed by atoms with E-state index >= 15 is 0 Å². The maximum Gasteiger partial charge on any atom is 0.101 e. The molecule has 0 heterocycles. The van der Waals surface area contributed by atoms with E-state index in [1.165, 1.54) is 6.07 Å². The van der Waals surface area contributed by atoms with Crippen molar-refractivity contribution in [2.24, 2.45) is 0 Å². The Morgan fingerprint density at radius 2 is 1.30 bits per heavy atom. The Morgan fingerprint density at radius 3 is 2.00 bits per heavy atom. The predicted octanol–water partition coefficient (Wildman–Crippen LogP) is 4.05. The SMILES string of the molecule is N#Cc1cc(C#N)c(Cc2ccc3ccccc3c2)cc1C#N. The maximum atomic E-state index is 9.31. The molecule has 0 aliphatic carbocycles. The summed E-state index contributed by atoms with van der Waals surface area (Å²) in [5.74, 6) is 0. The van der Waals surface area contributed by atoms with Gasteiger partial charge < -0.3 is 0 Å². The third kappa shape index (κ3) is 2.75. The van der Waals surface area contributed by atoms with Gasteiger partial charge in [-0.1, -0.05) is 42.5 Å². The van der Waals surface area contributed by atoms with E-state index in [9.17, 15) is 5.26 Å². The first-order valence-electron chi connectivity index (χ1n) is 7.10. The van der Waals surface area contributed by atoms with Crippen molar-refractivity contribution in [2.75, 3.05) is 0 Å². The van der Waals surface area contributed by atoms with Crippen LogP contribution < -0.4 is 0 Å². The van der Waals surface area contributed by atoms with Gasteiger partial charge in [0.2, 0.25) is 0 Å². The second-order valence-corrected chi connectivity index (χ2v) is 5.25. The van der Waals surface area contributed by atoms with E-state index < -0.39 is 0 Å². The van der Waals surface area contributed by atoms with Crippen LogP contribution in [-0.4, -0.2) is 0 Å². The van der Waals surface area contributed by atoms with Crippen LogP contribution in [0.3, 0.4) is 0 Å². The van der Waals surface area contributed by atoms with Gasteiger partial charge in [0.1, 0.15) is 12.1 Å². The molecule has 0 saturated heterocycles. The maximum absolute atomic E-state index is 9.31. The number of benzene rings is 3. The van der Waals surface area contributed by atoms with E-state index in [-0.39, 0.29) is 5.56 Å². The number of fused-ring (bicyclic) bond motifs is 1. The van der Waals surface area contributed by atoms with Crippen molar-refractivity contribution < 1.29 is 0 Å². The highest BCUT2D eigenvalue weighted by Crippen LogP contribution is 2.22. The average Bonchev–Trinajstić information content (AvgIpc) is 2.61. The Hall–Kier alpha value is -3.61. The molecule has 3 rings (SSSR count). The molecule has 0 amide bonds. The van der Waals surface area contributed by atoms with Gasteiger partial charge in [0.25, 0.3) is 0 Å². The average molecular weight is 293 g/mol. The molecule has 0 bridgehead atoms. The fraction of sp³-hybridized carbons (Fsp3) is 0.0500. The highest BCUT2D eigenvalue weighted by Gasteiger charge is 2.10. The van der Waals surface area contributed by atoms with Crippen LogP contribution in [0.15, 0.2) is 54.6 Å². The van der Waals surface area contributed by atoms with Crippen molar-refractivity contribution in [2.45, 2.75) is 6.42 Å². The summed E-state index contributed by atoms with van der Waals surface area (Å²) in [6.07, 6.45) is 0.550. The number of hydrogen-bond acceptors (Lipinski definition) is 3. The quantitative estimate of drug-likeness (QED) is 0.715. The normalized spacial score (nSPS) is 9.78. The summed E-state index contributed by atoms with van der Waals surface area (Å²) in [6.45, 7) is 0. The van der Waals surface area contributed by atoms with E-state index in [2.05, 4.69) is 18.2 Å². The van der Waals surface area contributed by atoms with E-state index in [0.29, 0.717) is 17.5 Å². The summed E-state index contributed by atoms with van der Waals surface area (Å²) in [6, 6.07) is 23.5. The van der Waals surface area contributed by atoms with Crippen LogP contribution in [0.25, 0.3) is 10.8 Å². The van der Waals surface area contributed by atoms with Gasteiger partial charge in [-0.25, -0.2) is 0 Å². The lowest BCUT2D eigenvalue weighted by molar-refractivity contribution is 1.17. The van der Waals surface area contributed by atoms with Crippen molar-refractivity contribution in [1.29, 1.82) is 15.8 Å². The molecule has 3 aromatic carbocycles. The summed E-state index contributed by atoms with van der Waals surface area (Å²) in [7, 11) is 0. The smallest absolute Gasteiger partial charge is 0.101 e. The third-order valence-electron chi connectivity index (χ3n) is 3.81. The predicted molar refractivity (Wildman–Crippen MR) is 87.3 cm³/mol. The van der Waals surface area contributed by atoms with Crippen molar-refractivity contribution in [3.63, 3.8) is 0 Å². The van der Waals surface area contributed by atoms with Gasteiger partial charge in [-0.05, 0) is 40.5 Å². The molecule has 0 saturated carbocycles. The lowest BCUT2D eigenvalue weighted by atomic mass is 9.94. The largest absolute Gasteiger partial charge is 0.192 e. The molecule has 0 aliphatic rings. The highest BCUT2D eigenvalue weighted by atomic mass is 14.3. The van der Waals surface area contributed by atoms with Crippen LogP contribution in [0.1, 0.15) is 27.8 Å². The van der Waals surface area contributed by atoms with Crippen molar-refractivity contribution >= 4 is 10.8 Å². The van der Waals surface area contributed by atoms with Gasteiger partial charge >= 0.3 is 0 Å². The minimum Gasteiger partial charge on any atom is -0.192 e. The number of nitriles is 3. The molecule has 3 heteroatoms. The van der Waals surface area contributed by atoms with E-state index in [1.54, 1.807) is 6.07 Å². The Kier molecular flexibility index (Phi) is 3.75. The van der Waals surface area contributed by atoms with Crippen molar-refractivity contribution in [3.8, 4) is 18.2 Å². The molecular formula is C20H11N3. The molecule has 0 aromatic heterocycles. The van der Waals surface area contributed by atoms with E-state index in [0.717, 1.165) is 21.9 Å². The summed E-state index contributed by atoms with van der Waals surface area (Å²) >= 11 is 0. The lowest BCUT2D eigenvalue weighted by Crippen LogP contribution is -1.97. The Morgan fingerprint density at radius 1 is 0.652 bits per heavy atom. The van der Waals surface area contributed by atoms with Crippen LogP contribution in [0, 0.1) is 34.0 Å². The van der Waals surface area contributed by atoms with Gasteiger partial charge in [0, 0.05) is 0 Å². The minimum atomic E-state index is 0.242. The summed E-state index contributed by atoms with van der Waals surface area (Å²) in [4.78, 5) is 0. The molecular weight excluding hydrogens is 282 g/mol. The molecule has 23 heavy (non-hydrogen) atoms. The highest BCUT2D eigenvalue weighted by molar-refractivity contribution is 5.83. The summed E-state index contributed by atoms with van der Waals surface area (Å²) in [5, 5.41) is 29.8. The fourth-order valence-electron chi connectivity index (χ4n) is 2.65. The van der Waals surface area contributed by atoms with Crippen LogP contribution >= 0.6 is 0 Å². The van der Waals surface area contributed by atoms with Crippen molar-refractivity contribution in [3.05, 3.63) is 82.4 Å². The van der Waals surface area contributed by atoms with E-state index in [1.807, 2.05) is 42.5 Å². The van der Waals surface area contributed by atoms with E-state index in [4.69, 9.17) is 10.5 Å². The van der Waals surface area contributed by atoms with Gasteiger partial charge in [0.05, 0.1) is 22.8 Å². The lowest BCUT2D eigenvalue weighted by Gasteiger charge is -2.07. The molecule has 0 spiro atoms. The number of nitrogens with zero attached hydrogens (tertiary/aromatic N) is 3. The first-order chi connectivity index (χ1) is 11.2. The molecule has 3 nitrogen and oxygen atoms in total. The first-order valence-corrected chi connectivity index (χ1v) is 7.10. The second kappa shape index (κ2) is 6.02. The molecule has 0 atom stereocenters. The molecule has 0 N–H and O–H groups in total. The molecule has 0 fully saturated rings. The molecule has 0 aliphatic heterocycles. The van der Waals surface area contributed by atoms with Crippen LogP contribution in [0.2, 0.25) is 0 Å². The topological polar surface area (TPSA) is 71.4 Å². The Bertz CT molecular complexity index is 1030. The molecule has 0 unspecified atom stereocenters. The van der Waals surface area contributed by atoms with Gasteiger partial charge in [-0.3, -0.25) is 0 Å². The van der Waals surface area contributed by atoms with Crippen LogP contribution in [0.5, 0.6) is 0 Å². The first kappa shape index (κ1) is 14.3. The Labute approximate surface area is 134 Å². The standard InChI is InChI=1S/C20H11N3/c21-11-18-10-20(13-23)19(12-22)9-17(18)8-14-5-6-15-3-1-2-4-16(15)7-14/h1-7,9-10H,8H2. The number of rotatable bonds is 2. The monoisotopic (exact) mass is 293 g/mol. The fourth-order valence-corrected chi connectivity index (χ4v) is 2.65. The Balaban J connectivity index is 2.06. The third-order valence-corrected chi connectivity index (χ3v) is 3.81. The molecule has 3 aromatic rings. The van der Waals surface area contributed by atoms with Gasteiger partial charge in [-0.2, -0.15) is 15.8 Å². The zero-order valence-electron chi connectivity index (χ0n) is 12.2. The minimum absolute atomic E-state index is 0.242. The zero-order chi connectivity index (χ0) is 16.2. The number of hydrogen-bond donors (Lipinski definition) is 0. The van der Waals surface area contributed by atoms with Gasteiger partial charge in [0.15, 0.2) is 0 Å². The van der Waals surface area contributed by atoms with Crippen molar-refractivity contribution in [1.82, 2.24) is 0 Å². The zero-order valence-corrected chi connectivity index (χ0v) is 12.2. The molecule has 106 valence electrons. The summed E-state index contributed by atoms with van der Waals surface area (Å²) in [5.41, 5.74) is 2.81.